The summed E-state index contributed by atoms with van der Waals surface area (Å²) in [5.74, 6) is 1.64. The van der Waals surface area contributed by atoms with Gasteiger partial charge in [-0.3, -0.25) is 0 Å². The van der Waals surface area contributed by atoms with Crippen LogP contribution in [0.1, 0.15) is 51.9 Å². The second kappa shape index (κ2) is 9.01. The van der Waals surface area contributed by atoms with E-state index < -0.39 is 0 Å². The van der Waals surface area contributed by atoms with Crippen molar-refractivity contribution in [1.82, 2.24) is 10.2 Å². The van der Waals surface area contributed by atoms with Crippen molar-refractivity contribution in [3.8, 4) is 0 Å². The quantitative estimate of drug-likeness (QED) is 0.777. The van der Waals surface area contributed by atoms with E-state index in [2.05, 4.69) is 17.1 Å². The van der Waals surface area contributed by atoms with Gasteiger partial charge < -0.3 is 15.0 Å². The highest BCUT2D eigenvalue weighted by Gasteiger charge is 2.28. The lowest BCUT2D eigenvalue weighted by Crippen LogP contribution is -2.47. The second-order valence-electron chi connectivity index (χ2n) is 6.83. The van der Waals surface area contributed by atoms with E-state index in [4.69, 9.17) is 4.74 Å². The minimum absolute atomic E-state index is 0.763. The molecule has 3 unspecified atom stereocenters. The van der Waals surface area contributed by atoms with E-state index in [1.54, 1.807) is 0 Å². The molecule has 0 aromatic rings. The van der Waals surface area contributed by atoms with E-state index in [-0.39, 0.29) is 0 Å². The van der Waals surface area contributed by atoms with Crippen LogP contribution in [-0.4, -0.2) is 50.8 Å². The van der Waals surface area contributed by atoms with Gasteiger partial charge in [-0.1, -0.05) is 19.8 Å². The first-order valence-electron chi connectivity index (χ1n) is 8.78. The fourth-order valence-electron chi connectivity index (χ4n) is 4.05. The minimum Gasteiger partial charge on any atom is -0.384 e. The third kappa shape index (κ3) is 5.01. The molecule has 0 spiro atoms. The van der Waals surface area contributed by atoms with Crippen LogP contribution in [0.5, 0.6) is 0 Å². The molecule has 0 aromatic heterocycles. The molecule has 3 heteroatoms. The van der Waals surface area contributed by atoms with E-state index in [1.165, 1.54) is 71.1 Å². The van der Waals surface area contributed by atoms with Gasteiger partial charge in [-0.2, -0.15) is 0 Å². The first-order valence-corrected chi connectivity index (χ1v) is 8.78. The highest BCUT2D eigenvalue weighted by molar-refractivity contribution is 4.84. The zero-order chi connectivity index (χ0) is 14.2. The Kier molecular flexibility index (Phi) is 7.32. The predicted octanol–water partition coefficient (Wildman–Crippen LogP) is 2.90. The lowest BCUT2D eigenvalue weighted by molar-refractivity contribution is 0.0731. The highest BCUT2D eigenvalue weighted by atomic mass is 16.5. The molecule has 0 amide bonds. The molecule has 1 aliphatic carbocycles. The number of hydrogen-bond donors (Lipinski definition) is 1. The average molecular weight is 282 g/mol. The number of methoxy groups -OCH3 is 1. The molecular formula is C17H34N2O. The number of piperidine rings is 1. The van der Waals surface area contributed by atoms with E-state index in [0.29, 0.717) is 0 Å². The van der Waals surface area contributed by atoms with Crippen molar-refractivity contribution in [2.24, 2.45) is 11.8 Å². The van der Waals surface area contributed by atoms with Gasteiger partial charge in [0.25, 0.3) is 0 Å². The normalized spacial score (nSPS) is 32.4. The first kappa shape index (κ1) is 16.3. The average Bonchev–Trinajstić information content (AvgIpc) is 2.47. The van der Waals surface area contributed by atoms with Crippen LogP contribution < -0.4 is 5.32 Å². The largest absolute Gasteiger partial charge is 0.384 e. The molecule has 1 heterocycles. The van der Waals surface area contributed by atoms with Gasteiger partial charge >= 0.3 is 0 Å². The van der Waals surface area contributed by atoms with Crippen molar-refractivity contribution in [1.29, 1.82) is 0 Å². The Balaban J connectivity index is 1.79. The van der Waals surface area contributed by atoms with Crippen LogP contribution >= 0.6 is 0 Å². The van der Waals surface area contributed by atoms with Crippen LogP contribution in [-0.2, 0) is 4.74 Å². The molecule has 20 heavy (non-hydrogen) atoms. The molecular weight excluding hydrogens is 248 g/mol. The van der Waals surface area contributed by atoms with Crippen molar-refractivity contribution < 1.29 is 4.74 Å². The van der Waals surface area contributed by atoms with Crippen molar-refractivity contribution in [2.75, 3.05) is 39.9 Å². The maximum absolute atomic E-state index is 5.35. The van der Waals surface area contributed by atoms with E-state index in [9.17, 15) is 0 Å². The van der Waals surface area contributed by atoms with Crippen molar-refractivity contribution in [3.63, 3.8) is 0 Å². The minimum atomic E-state index is 0.763. The molecule has 1 N–H and O–H groups in total. The summed E-state index contributed by atoms with van der Waals surface area (Å²) in [6.45, 7) is 8.26. The Morgan fingerprint density at radius 2 is 2.00 bits per heavy atom. The summed E-state index contributed by atoms with van der Waals surface area (Å²) >= 11 is 0. The zero-order valence-corrected chi connectivity index (χ0v) is 13.6. The Morgan fingerprint density at radius 3 is 2.80 bits per heavy atom. The summed E-state index contributed by atoms with van der Waals surface area (Å²) < 4.78 is 5.35. The molecule has 1 aliphatic heterocycles. The van der Waals surface area contributed by atoms with Crippen molar-refractivity contribution in [2.45, 2.75) is 57.9 Å². The maximum Gasteiger partial charge on any atom is 0.0502 e. The van der Waals surface area contributed by atoms with E-state index in [1.807, 2.05) is 7.11 Å². The summed E-state index contributed by atoms with van der Waals surface area (Å²) in [5, 5.41) is 3.80. The summed E-state index contributed by atoms with van der Waals surface area (Å²) in [4.78, 5) is 2.71. The number of hydrogen-bond acceptors (Lipinski definition) is 3. The van der Waals surface area contributed by atoms with Gasteiger partial charge in [-0.15, -0.1) is 0 Å². The molecule has 0 radical (unpaired) electrons. The van der Waals surface area contributed by atoms with Crippen LogP contribution in [0.15, 0.2) is 0 Å². The van der Waals surface area contributed by atoms with Gasteiger partial charge in [0.2, 0.25) is 0 Å². The summed E-state index contributed by atoms with van der Waals surface area (Å²) in [6, 6.07) is 0.770. The van der Waals surface area contributed by atoms with Gasteiger partial charge in [0.05, 0.1) is 6.61 Å². The van der Waals surface area contributed by atoms with Gasteiger partial charge in [0, 0.05) is 26.2 Å². The van der Waals surface area contributed by atoms with Crippen LogP contribution in [0.3, 0.4) is 0 Å². The molecule has 118 valence electrons. The SMILES string of the molecule is CCCNC1CCCCC1CN1CCCC(COC)C1. The molecule has 1 saturated carbocycles. The lowest BCUT2D eigenvalue weighted by Gasteiger charge is -2.39. The number of rotatable bonds is 7. The Labute approximate surface area is 125 Å². The molecule has 3 atom stereocenters. The summed E-state index contributed by atoms with van der Waals surface area (Å²) in [6.07, 6.45) is 9.63. The zero-order valence-electron chi connectivity index (χ0n) is 13.6. The van der Waals surface area contributed by atoms with Crippen LogP contribution in [0, 0.1) is 11.8 Å². The predicted molar refractivity (Wildman–Crippen MR) is 85.1 cm³/mol. The van der Waals surface area contributed by atoms with Crippen molar-refractivity contribution in [3.05, 3.63) is 0 Å². The fraction of sp³-hybridized carbons (Fsp3) is 1.00. The van der Waals surface area contributed by atoms with Gasteiger partial charge in [-0.05, 0) is 57.0 Å². The maximum atomic E-state index is 5.35. The number of nitrogens with one attached hydrogen (secondary N) is 1. The number of ether oxygens (including phenoxy) is 1. The van der Waals surface area contributed by atoms with Crippen LogP contribution in [0.4, 0.5) is 0 Å². The Bertz CT molecular complexity index is 257. The monoisotopic (exact) mass is 282 g/mol. The molecule has 2 aliphatic rings. The molecule has 0 bridgehead atoms. The standard InChI is InChI=1S/C17H34N2O/c1-3-10-18-17-9-5-4-8-16(17)13-19-11-6-7-15(12-19)14-20-2/h15-18H,3-14H2,1-2H3. The first-order chi connectivity index (χ1) is 9.83. The third-order valence-electron chi connectivity index (χ3n) is 5.06. The Morgan fingerprint density at radius 1 is 1.15 bits per heavy atom. The summed E-state index contributed by atoms with van der Waals surface area (Å²) in [7, 11) is 1.84. The molecule has 2 rings (SSSR count). The van der Waals surface area contributed by atoms with E-state index >= 15 is 0 Å². The van der Waals surface area contributed by atoms with Gasteiger partial charge in [-0.25, -0.2) is 0 Å². The van der Waals surface area contributed by atoms with Crippen molar-refractivity contribution >= 4 is 0 Å². The molecule has 3 nitrogen and oxygen atoms in total. The smallest absolute Gasteiger partial charge is 0.0502 e. The lowest BCUT2D eigenvalue weighted by atomic mass is 9.83. The second-order valence-corrected chi connectivity index (χ2v) is 6.83. The fourth-order valence-corrected chi connectivity index (χ4v) is 4.05. The van der Waals surface area contributed by atoms with Crippen LogP contribution in [0.2, 0.25) is 0 Å². The Hall–Kier alpha value is -0.120. The van der Waals surface area contributed by atoms with Crippen LogP contribution in [0.25, 0.3) is 0 Å². The molecule has 2 fully saturated rings. The summed E-state index contributed by atoms with van der Waals surface area (Å²) in [5.41, 5.74) is 0. The number of nitrogens with zero attached hydrogens (tertiary/aromatic N) is 1. The highest BCUT2D eigenvalue weighted by Crippen LogP contribution is 2.27. The van der Waals surface area contributed by atoms with E-state index in [0.717, 1.165) is 24.5 Å². The molecule has 1 saturated heterocycles. The number of likely N-dealkylation sites (tertiary alicyclic amines) is 1. The van der Waals surface area contributed by atoms with Gasteiger partial charge in [0.1, 0.15) is 0 Å². The van der Waals surface area contributed by atoms with Gasteiger partial charge in [0.15, 0.2) is 0 Å². The third-order valence-corrected chi connectivity index (χ3v) is 5.06. The molecule has 0 aromatic carbocycles. The topological polar surface area (TPSA) is 24.5 Å².